The Morgan fingerprint density at radius 2 is 2.00 bits per heavy atom. The van der Waals surface area contributed by atoms with Gasteiger partial charge in [-0.3, -0.25) is 5.32 Å². The summed E-state index contributed by atoms with van der Waals surface area (Å²) in [5, 5.41) is 3.34. The number of unbranched alkanes of at least 4 members (excludes halogenated alkanes) is 4. The van der Waals surface area contributed by atoms with Crippen LogP contribution in [0.1, 0.15) is 45.4 Å². The Morgan fingerprint density at radius 3 is 2.62 bits per heavy atom. The molecule has 0 fully saturated rings. The third-order valence-corrected chi connectivity index (χ3v) is 2.59. The highest BCUT2D eigenvalue weighted by Crippen LogP contribution is 2.07. The van der Waals surface area contributed by atoms with E-state index in [1.807, 2.05) is 6.08 Å². The summed E-state index contributed by atoms with van der Waals surface area (Å²) in [6.07, 6.45) is 13.6. The zero-order valence-corrected chi connectivity index (χ0v) is 10.9. The Bertz CT molecular complexity index is 178. The van der Waals surface area contributed by atoms with Crippen LogP contribution in [0.5, 0.6) is 0 Å². The monoisotopic (exact) mass is 225 g/mol. The third-order valence-electron chi connectivity index (χ3n) is 2.59. The Labute approximate surface area is 101 Å². The first-order valence-electron chi connectivity index (χ1n) is 6.38. The summed E-state index contributed by atoms with van der Waals surface area (Å²) in [5.74, 6) is 0. The highest BCUT2D eigenvalue weighted by Gasteiger charge is 2.03. The summed E-state index contributed by atoms with van der Waals surface area (Å²) < 4.78 is 5.37. The molecule has 1 unspecified atom stereocenters. The second kappa shape index (κ2) is 12.5. The molecule has 0 bridgehead atoms. The molecular weight excluding hydrogens is 198 g/mol. The molecule has 0 amide bonds. The second-order valence-electron chi connectivity index (χ2n) is 4.00. The predicted molar refractivity (Wildman–Crippen MR) is 71.5 cm³/mol. The lowest BCUT2D eigenvalue weighted by Crippen LogP contribution is -2.30. The zero-order chi connectivity index (χ0) is 12.1. The minimum atomic E-state index is 0.191. The van der Waals surface area contributed by atoms with Crippen LogP contribution in [0.3, 0.4) is 0 Å². The van der Waals surface area contributed by atoms with Gasteiger partial charge < -0.3 is 4.74 Å². The molecule has 0 aliphatic rings. The van der Waals surface area contributed by atoms with E-state index in [0.717, 1.165) is 13.0 Å². The van der Waals surface area contributed by atoms with Crippen molar-refractivity contribution in [1.29, 1.82) is 0 Å². The molecule has 0 aliphatic heterocycles. The van der Waals surface area contributed by atoms with Crippen molar-refractivity contribution in [3.8, 4) is 0 Å². The lowest BCUT2D eigenvalue weighted by atomic mass is 10.1. The molecule has 0 spiro atoms. The molecule has 1 N–H and O–H groups in total. The fraction of sp³-hybridized carbons (Fsp3) is 0.714. The minimum Gasteiger partial charge on any atom is -0.367 e. The van der Waals surface area contributed by atoms with Crippen LogP contribution in [0, 0.1) is 0 Å². The van der Waals surface area contributed by atoms with E-state index in [1.54, 1.807) is 13.2 Å². The smallest absolute Gasteiger partial charge is 0.107 e. The van der Waals surface area contributed by atoms with Crippen LogP contribution in [0.4, 0.5) is 0 Å². The highest BCUT2D eigenvalue weighted by atomic mass is 16.5. The molecule has 2 nitrogen and oxygen atoms in total. The van der Waals surface area contributed by atoms with E-state index < -0.39 is 0 Å². The van der Waals surface area contributed by atoms with Gasteiger partial charge in [0.05, 0.1) is 0 Å². The van der Waals surface area contributed by atoms with E-state index in [1.165, 1.54) is 32.1 Å². The van der Waals surface area contributed by atoms with Crippen LogP contribution < -0.4 is 5.32 Å². The van der Waals surface area contributed by atoms with Crippen molar-refractivity contribution in [1.82, 2.24) is 5.32 Å². The van der Waals surface area contributed by atoms with Gasteiger partial charge in [0.2, 0.25) is 0 Å². The summed E-state index contributed by atoms with van der Waals surface area (Å²) in [6, 6.07) is 0. The van der Waals surface area contributed by atoms with Crippen molar-refractivity contribution < 1.29 is 4.74 Å². The van der Waals surface area contributed by atoms with Crippen molar-refractivity contribution in [2.45, 2.75) is 51.7 Å². The van der Waals surface area contributed by atoms with Crippen molar-refractivity contribution in [2.75, 3.05) is 13.7 Å². The molecular formula is C14H27NO. The normalized spacial score (nSPS) is 13.1. The third kappa shape index (κ3) is 9.94. The molecule has 0 rings (SSSR count). The molecule has 0 aromatic carbocycles. The van der Waals surface area contributed by atoms with Crippen LogP contribution in [-0.2, 0) is 4.74 Å². The fourth-order valence-electron chi connectivity index (χ4n) is 1.60. The van der Waals surface area contributed by atoms with Gasteiger partial charge in [-0.05, 0) is 12.8 Å². The number of methoxy groups -OCH3 is 1. The SMILES string of the molecule is C=C/C=C/CNC(CCCCCCC)OC. The van der Waals surface area contributed by atoms with E-state index in [0.29, 0.717) is 0 Å². The molecule has 0 saturated heterocycles. The number of nitrogens with one attached hydrogen (secondary N) is 1. The standard InChI is InChI=1S/C14H27NO/c1-4-6-8-9-10-12-14(16-3)15-13-11-7-5-2/h5,7,11,14-15H,2,4,6,8-10,12-13H2,1,3H3/b11-7+. The van der Waals surface area contributed by atoms with E-state index in [2.05, 4.69) is 24.9 Å². The fourth-order valence-corrected chi connectivity index (χ4v) is 1.60. The maximum Gasteiger partial charge on any atom is 0.107 e. The maximum atomic E-state index is 5.37. The first kappa shape index (κ1) is 15.4. The van der Waals surface area contributed by atoms with E-state index in [4.69, 9.17) is 4.74 Å². The van der Waals surface area contributed by atoms with Gasteiger partial charge in [0.15, 0.2) is 0 Å². The number of rotatable bonds is 11. The van der Waals surface area contributed by atoms with Crippen molar-refractivity contribution in [3.05, 3.63) is 24.8 Å². The average molecular weight is 225 g/mol. The van der Waals surface area contributed by atoms with Gasteiger partial charge in [-0.2, -0.15) is 0 Å². The van der Waals surface area contributed by atoms with E-state index in [9.17, 15) is 0 Å². The quantitative estimate of drug-likeness (QED) is 0.329. The van der Waals surface area contributed by atoms with E-state index in [-0.39, 0.29) is 6.23 Å². The summed E-state index contributed by atoms with van der Waals surface area (Å²) in [6.45, 7) is 6.72. The summed E-state index contributed by atoms with van der Waals surface area (Å²) in [4.78, 5) is 0. The number of allylic oxidation sites excluding steroid dienone is 2. The van der Waals surface area contributed by atoms with Crippen LogP contribution >= 0.6 is 0 Å². The highest BCUT2D eigenvalue weighted by molar-refractivity contribution is 4.98. The van der Waals surface area contributed by atoms with Crippen LogP contribution in [0.25, 0.3) is 0 Å². The second-order valence-corrected chi connectivity index (χ2v) is 4.00. The summed E-state index contributed by atoms with van der Waals surface area (Å²) in [5.41, 5.74) is 0. The molecule has 16 heavy (non-hydrogen) atoms. The van der Waals surface area contributed by atoms with Crippen molar-refractivity contribution >= 4 is 0 Å². The van der Waals surface area contributed by atoms with Gasteiger partial charge in [-0.1, -0.05) is 57.4 Å². The Kier molecular flexibility index (Phi) is 12.0. The molecule has 0 aromatic rings. The Hall–Kier alpha value is -0.600. The number of hydrogen-bond donors (Lipinski definition) is 1. The first-order chi connectivity index (χ1) is 7.85. The first-order valence-corrected chi connectivity index (χ1v) is 6.38. The van der Waals surface area contributed by atoms with E-state index >= 15 is 0 Å². The summed E-state index contributed by atoms with van der Waals surface area (Å²) in [7, 11) is 1.76. The molecule has 1 atom stereocenters. The van der Waals surface area contributed by atoms with Crippen LogP contribution in [-0.4, -0.2) is 19.9 Å². The van der Waals surface area contributed by atoms with Crippen LogP contribution in [0.2, 0.25) is 0 Å². The average Bonchev–Trinajstić information content (AvgIpc) is 2.31. The molecule has 0 heterocycles. The van der Waals surface area contributed by atoms with Gasteiger partial charge in [-0.15, -0.1) is 0 Å². The lowest BCUT2D eigenvalue weighted by molar-refractivity contribution is 0.0678. The topological polar surface area (TPSA) is 21.3 Å². The minimum absolute atomic E-state index is 0.191. The number of hydrogen-bond acceptors (Lipinski definition) is 2. The Morgan fingerprint density at radius 1 is 1.25 bits per heavy atom. The molecule has 0 aromatic heterocycles. The van der Waals surface area contributed by atoms with Gasteiger partial charge in [0.1, 0.15) is 6.23 Å². The van der Waals surface area contributed by atoms with Gasteiger partial charge in [0, 0.05) is 13.7 Å². The molecule has 0 radical (unpaired) electrons. The van der Waals surface area contributed by atoms with Crippen LogP contribution in [0.15, 0.2) is 24.8 Å². The van der Waals surface area contributed by atoms with Crippen molar-refractivity contribution in [3.63, 3.8) is 0 Å². The lowest BCUT2D eigenvalue weighted by Gasteiger charge is -2.15. The Balaban J connectivity index is 3.43. The largest absolute Gasteiger partial charge is 0.367 e. The molecule has 2 heteroatoms. The maximum absolute atomic E-state index is 5.37. The van der Waals surface area contributed by atoms with Crippen molar-refractivity contribution in [2.24, 2.45) is 0 Å². The zero-order valence-electron chi connectivity index (χ0n) is 10.9. The van der Waals surface area contributed by atoms with Gasteiger partial charge in [0.25, 0.3) is 0 Å². The molecule has 94 valence electrons. The summed E-state index contributed by atoms with van der Waals surface area (Å²) >= 11 is 0. The molecule has 0 saturated carbocycles. The predicted octanol–water partition coefficient (Wildman–Crippen LogP) is 3.65. The van der Waals surface area contributed by atoms with Gasteiger partial charge in [-0.25, -0.2) is 0 Å². The molecule has 0 aliphatic carbocycles. The van der Waals surface area contributed by atoms with Gasteiger partial charge >= 0.3 is 0 Å². The number of ether oxygens (including phenoxy) is 1.